The lowest BCUT2D eigenvalue weighted by atomic mass is 9.72. The number of fused-ring (bicyclic) bond motifs is 5. The second-order valence-electron chi connectivity index (χ2n) is 7.76. The molecule has 162 valence electrons. The van der Waals surface area contributed by atoms with Crippen LogP contribution in [0.5, 0.6) is 0 Å². The van der Waals surface area contributed by atoms with Crippen molar-refractivity contribution >= 4 is 35.1 Å². The molecule has 0 aromatic heterocycles. The smallest absolute Gasteiger partial charge is 0.305 e. The fourth-order valence-corrected chi connectivity index (χ4v) is 4.54. The molecule has 3 aliphatic heterocycles. The van der Waals surface area contributed by atoms with Gasteiger partial charge in [-0.2, -0.15) is 0 Å². The van der Waals surface area contributed by atoms with Crippen molar-refractivity contribution < 1.29 is 38.3 Å². The van der Waals surface area contributed by atoms with E-state index in [1.807, 2.05) is 0 Å². The highest BCUT2D eigenvalue weighted by molar-refractivity contribution is 6.23. The predicted octanol–water partition coefficient (Wildman–Crippen LogP) is 1.25. The van der Waals surface area contributed by atoms with E-state index < -0.39 is 58.0 Å². The van der Waals surface area contributed by atoms with Crippen molar-refractivity contribution in [1.82, 2.24) is 0 Å². The fourth-order valence-electron chi connectivity index (χ4n) is 4.54. The number of non-ortho nitro benzene ring substituents is 1. The molecule has 31 heavy (non-hydrogen) atoms. The number of ether oxygens (including phenoxy) is 3. The van der Waals surface area contributed by atoms with E-state index in [2.05, 4.69) is 0 Å². The van der Waals surface area contributed by atoms with Crippen LogP contribution in [0.3, 0.4) is 0 Å². The molecular formula is C20H18N2O9. The summed E-state index contributed by atoms with van der Waals surface area (Å²) in [6.07, 6.45) is 1.48. The summed E-state index contributed by atoms with van der Waals surface area (Å²) < 4.78 is 16.4. The van der Waals surface area contributed by atoms with E-state index in [4.69, 9.17) is 14.2 Å². The van der Waals surface area contributed by atoms with Gasteiger partial charge in [0.15, 0.2) is 5.60 Å². The molecule has 0 radical (unpaired) electrons. The maximum absolute atomic E-state index is 13.4. The molecule has 11 heteroatoms. The Morgan fingerprint density at radius 1 is 1.06 bits per heavy atom. The number of nitro groups is 1. The highest BCUT2D eigenvalue weighted by atomic mass is 16.7. The molecule has 3 heterocycles. The van der Waals surface area contributed by atoms with Crippen molar-refractivity contribution in [1.29, 1.82) is 0 Å². The van der Waals surface area contributed by atoms with Gasteiger partial charge >= 0.3 is 11.9 Å². The number of amides is 2. The van der Waals surface area contributed by atoms with Gasteiger partial charge in [-0.25, -0.2) is 4.90 Å². The predicted molar refractivity (Wildman–Crippen MR) is 101 cm³/mol. The standard InChI is InChI=1S/C20H18N2O9/c1-10(23)29-18(30-11(2)24)20-9-8-19(3,31-20)14-15(20)17(26)21(16(14)25)12-4-6-13(7-5-12)22(27)28/h4-9,14-15,18H,1-3H3/t14-,15+,19-,20+/m1/s1. The first-order valence-corrected chi connectivity index (χ1v) is 9.37. The third kappa shape index (κ3) is 2.92. The zero-order valence-electron chi connectivity index (χ0n) is 16.8. The van der Waals surface area contributed by atoms with Crippen molar-refractivity contribution in [3.63, 3.8) is 0 Å². The number of imide groups is 1. The van der Waals surface area contributed by atoms with Gasteiger partial charge in [-0.3, -0.25) is 29.3 Å². The first kappa shape index (κ1) is 20.7. The van der Waals surface area contributed by atoms with Crippen molar-refractivity contribution in [3.8, 4) is 0 Å². The van der Waals surface area contributed by atoms with Gasteiger partial charge in [-0.1, -0.05) is 6.08 Å². The third-order valence-corrected chi connectivity index (χ3v) is 5.71. The lowest BCUT2D eigenvalue weighted by Gasteiger charge is -2.34. The molecule has 0 N–H and O–H groups in total. The summed E-state index contributed by atoms with van der Waals surface area (Å²) in [7, 11) is 0. The number of carbonyl (C=O) groups excluding carboxylic acids is 4. The van der Waals surface area contributed by atoms with Crippen LogP contribution in [0.1, 0.15) is 20.8 Å². The summed E-state index contributed by atoms with van der Waals surface area (Å²) >= 11 is 0. The van der Waals surface area contributed by atoms with Crippen LogP contribution in [0.2, 0.25) is 0 Å². The number of anilines is 1. The van der Waals surface area contributed by atoms with Crippen LogP contribution < -0.4 is 4.90 Å². The second kappa shape index (κ2) is 6.71. The van der Waals surface area contributed by atoms with Crippen molar-refractivity contribution in [2.24, 2.45) is 11.8 Å². The molecule has 2 bridgehead atoms. The molecule has 0 spiro atoms. The Labute approximate surface area is 175 Å². The van der Waals surface area contributed by atoms with Crippen LogP contribution in [-0.4, -0.2) is 46.2 Å². The Morgan fingerprint density at radius 2 is 1.61 bits per heavy atom. The highest BCUT2D eigenvalue weighted by Crippen LogP contribution is 2.59. The lowest BCUT2D eigenvalue weighted by molar-refractivity contribution is -0.384. The minimum Gasteiger partial charge on any atom is -0.422 e. The van der Waals surface area contributed by atoms with Crippen molar-refractivity contribution in [2.75, 3.05) is 4.90 Å². The van der Waals surface area contributed by atoms with E-state index >= 15 is 0 Å². The topological polar surface area (TPSA) is 142 Å². The molecule has 4 rings (SSSR count). The van der Waals surface area contributed by atoms with Gasteiger partial charge in [0.25, 0.3) is 12.0 Å². The third-order valence-electron chi connectivity index (χ3n) is 5.71. The summed E-state index contributed by atoms with van der Waals surface area (Å²) in [5, 5.41) is 10.9. The molecule has 2 saturated heterocycles. The molecule has 2 fully saturated rings. The maximum atomic E-state index is 13.4. The summed E-state index contributed by atoms with van der Waals surface area (Å²) in [5.41, 5.74) is -2.92. The van der Waals surface area contributed by atoms with Crippen LogP contribution in [0, 0.1) is 22.0 Å². The Morgan fingerprint density at radius 3 is 2.13 bits per heavy atom. The Hall–Kier alpha value is -3.60. The van der Waals surface area contributed by atoms with Gasteiger partial charge in [0.2, 0.25) is 11.8 Å². The minimum atomic E-state index is -1.68. The highest BCUT2D eigenvalue weighted by Gasteiger charge is 2.75. The van der Waals surface area contributed by atoms with E-state index in [0.29, 0.717) is 0 Å². The Kier molecular flexibility index (Phi) is 4.47. The first-order chi connectivity index (χ1) is 14.5. The molecule has 0 unspecified atom stereocenters. The molecule has 3 aliphatic rings. The summed E-state index contributed by atoms with van der Waals surface area (Å²) in [6, 6.07) is 4.97. The molecule has 4 atom stereocenters. The molecule has 11 nitrogen and oxygen atoms in total. The van der Waals surface area contributed by atoms with E-state index in [0.717, 1.165) is 18.7 Å². The average Bonchev–Trinajstić information content (AvgIpc) is 3.26. The number of rotatable bonds is 5. The molecule has 1 aromatic carbocycles. The maximum Gasteiger partial charge on any atom is 0.305 e. The van der Waals surface area contributed by atoms with Crippen molar-refractivity contribution in [3.05, 3.63) is 46.5 Å². The van der Waals surface area contributed by atoms with E-state index in [-0.39, 0.29) is 11.4 Å². The van der Waals surface area contributed by atoms with E-state index in [1.165, 1.54) is 30.3 Å². The summed E-state index contributed by atoms with van der Waals surface area (Å²) in [5.74, 6) is -4.84. The van der Waals surface area contributed by atoms with Crippen LogP contribution in [-0.2, 0) is 33.4 Å². The van der Waals surface area contributed by atoms with Crippen LogP contribution in [0.4, 0.5) is 11.4 Å². The van der Waals surface area contributed by atoms with Gasteiger partial charge < -0.3 is 14.2 Å². The van der Waals surface area contributed by atoms with Gasteiger partial charge in [-0.05, 0) is 25.1 Å². The molecule has 0 saturated carbocycles. The Balaban J connectivity index is 1.76. The van der Waals surface area contributed by atoms with Crippen LogP contribution in [0.15, 0.2) is 36.4 Å². The number of nitro benzene ring substituents is 1. The summed E-state index contributed by atoms with van der Waals surface area (Å²) in [6.45, 7) is 3.84. The van der Waals surface area contributed by atoms with Crippen molar-refractivity contribution in [2.45, 2.75) is 38.3 Å². The largest absolute Gasteiger partial charge is 0.422 e. The monoisotopic (exact) mass is 430 g/mol. The van der Waals surface area contributed by atoms with Gasteiger partial charge in [0.05, 0.1) is 28.0 Å². The quantitative estimate of drug-likeness (QED) is 0.168. The molecule has 1 aromatic rings. The fraction of sp³-hybridized carbons (Fsp3) is 0.400. The number of carbonyl (C=O) groups is 4. The first-order valence-electron chi connectivity index (χ1n) is 9.37. The number of hydrogen-bond donors (Lipinski definition) is 0. The second-order valence-corrected chi connectivity index (χ2v) is 7.76. The number of esters is 2. The van der Waals surface area contributed by atoms with Gasteiger partial charge in [0, 0.05) is 26.0 Å². The Bertz CT molecular complexity index is 1030. The molecule has 2 amide bonds. The SMILES string of the molecule is CC(=O)OC(OC(C)=O)[C@@]12C=C[C@@](C)(O1)[C@H]1C(=O)N(c3ccc([N+](=O)[O-])cc3)C(=O)[C@H]12. The summed E-state index contributed by atoms with van der Waals surface area (Å²) in [4.78, 5) is 61.2. The number of nitrogens with zero attached hydrogens (tertiary/aromatic N) is 2. The number of hydrogen-bond acceptors (Lipinski definition) is 9. The average molecular weight is 430 g/mol. The zero-order valence-corrected chi connectivity index (χ0v) is 16.8. The van der Waals surface area contributed by atoms with Crippen LogP contribution >= 0.6 is 0 Å². The van der Waals surface area contributed by atoms with E-state index in [9.17, 15) is 29.3 Å². The molecular weight excluding hydrogens is 412 g/mol. The van der Waals surface area contributed by atoms with Crippen LogP contribution in [0.25, 0.3) is 0 Å². The minimum absolute atomic E-state index is 0.157. The zero-order chi connectivity index (χ0) is 22.7. The normalized spacial score (nSPS) is 30.6. The molecule has 0 aliphatic carbocycles. The van der Waals surface area contributed by atoms with Gasteiger partial charge in [0.1, 0.15) is 0 Å². The van der Waals surface area contributed by atoms with E-state index in [1.54, 1.807) is 13.0 Å². The lowest BCUT2D eigenvalue weighted by Crippen LogP contribution is -2.52. The van der Waals surface area contributed by atoms with Gasteiger partial charge in [-0.15, -0.1) is 0 Å². The number of benzene rings is 1.